The molecule has 2 N–H and O–H groups in total. The maximum atomic E-state index is 12.4. The zero-order chi connectivity index (χ0) is 17.3. The molecule has 0 spiro atoms. The van der Waals surface area contributed by atoms with Crippen LogP contribution in [0.5, 0.6) is 0 Å². The van der Waals surface area contributed by atoms with Gasteiger partial charge in [-0.05, 0) is 38.0 Å². The summed E-state index contributed by atoms with van der Waals surface area (Å²) in [6.45, 7) is 2.64. The Kier molecular flexibility index (Phi) is 4.76. The molecule has 0 atom stereocenters. The first-order valence-corrected chi connectivity index (χ1v) is 9.05. The monoisotopic (exact) mass is 341 g/mol. The van der Waals surface area contributed by atoms with E-state index in [2.05, 4.69) is 5.32 Å². The number of hydrogen-bond donors (Lipinski definition) is 2. The van der Waals surface area contributed by atoms with E-state index in [9.17, 15) is 18.0 Å². The topological polar surface area (TPSA) is 110 Å². The number of carbonyl (C=O) groups excluding carboxylic acids is 1. The number of aromatic carboxylic acids is 1. The molecule has 2 rings (SSSR count). The molecule has 126 valence electrons. The van der Waals surface area contributed by atoms with Gasteiger partial charge in [0.25, 0.3) is 0 Å². The van der Waals surface area contributed by atoms with Crippen LogP contribution in [0.2, 0.25) is 0 Å². The predicted octanol–water partition coefficient (Wildman–Crippen LogP) is 1.54. The third-order valence-electron chi connectivity index (χ3n) is 3.76. The van der Waals surface area contributed by atoms with Crippen molar-refractivity contribution in [1.82, 2.24) is 0 Å². The Morgan fingerprint density at radius 2 is 1.96 bits per heavy atom. The largest absolute Gasteiger partial charge is 0.478 e. The molecule has 8 heteroatoms. The lowest BCUT2D eigenvalue weighted by molar-refractivity contribution is -0.123. The van der Waals surface area contributed by atoms with Gasteiger partial charge in [-0.3, -0.25) is 4.79 Å². The molecule has 0 aromatic heterocycles. The van der Waals surface area contributed by atoms with Gasteiger partial charge in [-0.15, -0.1) is 0 Å². The minimum Gasteiger partial charge on any atom is -0.478 e. The van der Waals surface area contributed by atoms with Crippen LogP contribution in [0.1, 0.15) is 30.1 Å². The van der Waals surface area contributed by atoms with Crippen molar-refractivity contribution in [3.63, 3.8) is 0 Å². The molecule has 1 aliphatic rings. The van der Waals surface area contributed by atoms with Gasteiger partial charge < -0.3 is 15.2 Å². The summed E-state index contributed by atoms with van der Waals surface area (Å²) >= 11 is 0. The molecule has 0 radical (unpaired) electrons. The maximum absolute atomic E-state index is 12.4. The lowest BCUT2D eigenvalue weighted by atomic mass is 10.1. The minimum atomic E-state index is -3.59. The third kappa shape index (κ3) is 4.08. The molecular weight excluding hydrogens is 322 g/mol. The minimum absolute atomic E-state index is 0.151. The smallest absolute Gasteiger partial charge is 0.335 e. The van der Waals surface area contributed by atoms with Gasteiger partial charge in [-0.25, -0.2) is 13.2 Å². The van der Waals surface area contributed by atoms with Crippen LogP contribution in [0.3, 0.4) is 0 Å². The van der Waals surface area contributed by atoms with E-state index in [4.69, 9.17) is 9.84 Å². The molecule has 0 saturated heterocycles. The van der Waals surface area contributed by atoms with E-state index in [0.29, 0.717) is 26.1 Å². The van der Waals surface area contributed by atoms with E-state index in [0.717, 1.165) is 12.3 Å². The molecule has 1 saturated carbocycles. The highest BCUT2D eigenvalue weighted by Gasteiger charge is 2.50. The molecule has 0 heterocycles. The number of carboxylic acids is 1. The Hall–Kier alpha value is -1.93. The van der Waals surface area contributed by atoms with Gasteiger partial charge in [-0.2, -0.15) is 0 Å². The van der Waals surface area contributed by atoms with E-state index in [1.165, 1.54) is 12.1 Å². The van der Waals surface area contributed by atoms with Crippen molar-refractivity contribution in [2.45, 2.75) is 24.7 Å². The van der Waals surface area contributed by atoms with Crippen molar-refractivity contribution in [3.8, 4) is 0 Å². The Morgan fingerprint density at radius 1 is 1.30 bits per heavy atom. The van der Waals surface area contributed by atoms with Crippen LogP contribution in [0.15, 0.2) is 23.1 Å². The lowest BCUT2D eigenvalue weighted by Gasteiger charge is -2.16. The van der Waals surface area contributed by atoms with Gasteiger partial charge in [0.1, 0.15) is 0 Å². The highest BCUT2D eigenvalue weighted by atomic mass is 32.2. The second kappa shape index (κ2) is 6.29. The summed E-state index contributed by atoms with van der Waals surface area (Å²) in [4.78, 5) is 23.3. The number of anilines is 1. The van der Waals surface area contributed by atoms with Crippen LogP contribution >= 0.6 is 0 Å². The van der Waals surface area contributed by atoms with Crippen LogP contribution < -0.4 is 5.32 Å². The summed E-state index contributed by atoms with van der Waals surface area (Å²) in [6, 6.07) is 3.57. The number of sulfone groups is 1. The second-order valence-electron chi connectivity index (χ2n) is 5.69. The standard InChI is InChI=1S/C15H19NO6S/c1-3-22-9-15(4-5-15)14(19)16-11-6-10(13(17)18)7-12(8-11)23(2,20)21/h6-8H,3-5,9H2,1-2H3,(H,16,19)(H,17,18). The normalized spacial score (nSPS) is 15.9. The Labute approximate surface area is 134 Å². The van der Waals surface area contributed by atoms with E-state index in [1.54, 1.807) is 0 Å². The number of nitrogens with one attached hydrogen (secondary N) is 1. The third-order valence-corrected chi connectivity index (χ3v) is 4.85. The number of amides is 1. The van der Waals surface area contributed by atoms with Crippen LogP contribution in [0.4, 0.5) is 5.69 Å². The zero-order valence-corrected chi connectivity index (χ0v) is 13.8. The first-order chi connectivity index (χ1) is 10.7. The number of rotatable bonds is 7. The zero-order valence-electron chi connectivity index (χ0n) is 13.0. The summed E-state index contributed by atoms with van der Waals surface area (Å²) in [5.41, 5.74) is -0.642. The van der Waals surface area contributed by atoms with Gasteiger partial charge in [0.15, 0.2) is 9.84 Å². The number of carboxylic acid groups (broad SMARTS) is 1. The fraction of sp³-hybridized carbons (Fsp3) is 0.467. The first-order valence-electron chi connectivity index (χ1n) is 7.15. The van der Waals surface area contributed by atoms with Crippen molar-refractivity contribution in [3.05, 3.63) is 23.8 Å². The summed E-state index contributed by atoms with van der Waals surface area (Å²) in [5.74, 6) is -1.55. The molecule has 23 heavy (non-hydrogen) atoms. The Morgan fingerprint density at radius 3 is 2.43 bits per heavy atom. The van der Waals surface area contributed by atoms with Crippen LogP contribution in [0.25, 0.3) is 0 Å². The van der Waals surface area contributed by atoms with Crippen LogP contribution in [-0.4, -0.2) is 44.9 Å². The van der Waals surface area contributed by atoms with E-state index in [1.807, 2.05) is 6.92 Å². The predicted molar refractivity (Wildman–Crippen MR) is 83.3 cm³/mol. The molecule has 0 unspecified atom stereocenters. The van der Waals surface area contributed by atoms with Crippen LogP contribution in [0, 0.1) is 5.41 Å². The number of carbonyl (C=O) groups is 2. The molecule has 1 fully saturated rings. The van der Waals surface area contributed by atoms with Gasteiger partial charge in [0, 0.05) is 18.6 Å². The van der Waals surface area contributed by atoms with Gasteiger partial charge >= 0.3 is 5.97 Å². The number of benzene rings is 1. The molecule has 1 amide bonds. The van der Waals surface area contributed by atoms with E-state index < -0.39 is 21.2 Å². The maximum Gasteiger partial charge on any atom is 0.335 e. The lowest BCUT2D eigenvalue weighted by Crippen LogP contribution is -2.28. The van der Waals surface area contributed by atoms with E-state index in [-0.39, 0.29) is 22.1 Å². The average molecular weight is 341 g/mol. The van der Waals surface area contributed by atoms with E-state index >= 15 is 0 Å². The molecule has 0 aliphatic heterocycles. The molecule has 1 aliphatic carbocycles. The molecule has 1 aromatic carbocycles. The first kappa shape index (κ1) is 17.4. The summed E-state index contributed by atoms with van der Waals surface area (Å²) in [6.07, 6.45) is 2.36. The SMILES string of the molecule is CCOCC1(C(=O)Nc2cc(C(=O)O)cc(S(C)(=O)=O)c2)CC1. The van der Waals surface area contributed by atoms with Crippen molar-refractivity contribution < 1.29 is 27.9 Å². The fourth-order valence-electron chi connectivity index (χ4n) is 2.16. The number of ether oxygens (including phenoxy) is 1. The van der Waals surface area contributed by atoms with Crippen molar-refractivity contribution in [1.29, 1.82) is 0 Å². The highest BCUT2D eigenvalue weighted by molar-refractivity contribution is 7.90. The molecular formula is C15H19NO6S. The average Bonchev–Trinajstić information content (AvgIpc) is 3.25. The summed E-state index contributed by atoms with van der Waals surface area (Å²) in [5, 5.41) is 11.7. The quantitative estimate of drug-likeness (QED) is 0.778. The van der Waals surface area contributed by atoms with Crippen LogP contribution in [-0.2, 0) is 19.4 Å². The van der Waals surface area contributed by atoms with Crippen molar-refractivity contribution in [2.75, 3.05) is 24.8 Å². The highest BCUT2D eigenvalue weighted by Crippen LogP contribution is 2.46. The van der Waals surface area contributed by atoms with Crippen molar-refractivity contribution >= 4 is 27.4 Å². The molecule has 0 bridgehead atoms. The molecule has 7 nitrogen and oxygen atoms in total. The fourth-order valence-corrected chi connectivity index (χ4v) is 2.84. The van der Waals surface area contributed by atoms with Gasteiger partial charge in [0.2, 0.25) is 5.91 Å². The van der Waals surface area contributed by atoms with Gasteiger partial charge in [-0.1, -0.05) is 0 Å². The Bertz CT molecular complexity index is 736. The Balaban J connectivity index is 2.27. The molecule has 1 aromatic rings. The second-order valence-corrected chi connectivity index (χ2v) is 7.71. The number of hydrogen-bond acceptors (Lipinski definition) is 5. The summed E-state index contributed by atoms with van der Waals surface area (Å²) in [7, 11) is -3.59. The van der Waals surface area contributed by atoms with Gasteiger partial charge in [0.05, 0.1) is 22.5 Å². The van der Waals surface area contributed by atoms with Crippen molar-refractivity contribution in [2.24, 2.45) is 5.41 Å². The summed E-state index contributed by atoms with van der Waals surface area (Å²) < 4.78 is 28.7.